The molecule has 1 saturated carbocycles. The van der Waals surface area contributed by atoms with Crippen molar-refractivity contribution in [2.24, 2.45) is 18.9 Å². The van der Waals surface area contributed by atoms with Crippen LogP contribution in [0.4, 0.5) is 0 Å². The third-order valence-electron chi connectivity index (χ3n) is 4.23. The van der Waals surface area contributed by atoms with E-state index in [0.29, 0.717) is 0 Å². The Balaban J connectivity index is 1.86. The van der Waals surface area contributed by atoms with Gasteiger partial charge in [0.1, 0.15) is 0 Å². The second-order valence-electron chi connectivity index (χ2n) is 5.35. The average molecular weight is 235 g/mol. The zero-order valence-corrected chi connectivity index (χ0v) is 11.2. The van der Waals surface area contributed by atoms with Gasteiger partial charge < -0.3 is 5.32 Å². The Kier molecular flexibility index (Phi) is 4.60. The first-order chi connectivity index (χ1) is 8.31. The smallest absolute Gasteiger partial charge is 0.0492 e. The highest BCUT2D eigenvalue weighted by molar-refractivity contribution is 5.00. The van der Waals surface area contributed by atoms with Crippen LogP contribution >= 0.6 is 0 Å². The summed E-state index contributed by atoms with van der Waals surface area (Å²) in [7, 11) is 4.12. The quantitative estimate of drug-likeness (QED) is 0.849. The summed E-state index contributed by atoms with van der Waals surface area (Å²) in [4.78, 5) is 0. The summed E-state index contributed by atoms with van der Waals surface area (Å²) >= 11 is 0. The number of hydrogen-bond donors (Lipinski definition) is 1. The fraction of sp³-hybridized carbons (Fsp3) is 0.786. The van der Waals surface area contributed by atoms with Gasteiger partial charge in [-0.25, -0.2) is 0 Å². The lowest BCUT2D eigenvalue weighted by atomic mass is 9.76. The van der Waals surface area contributed by atoms with Crippen LogP contribution in [0.1, 0.15) is 37.8 Å². The fourth-order valence-corrected chi connectivity index (χ4v) is 3.18. The van der Waals surface area contributed by atoms with E-state index in [1.807, 2.05) is 17.9 Å². The first-order valence-electron chi connectivity index (χ1n) is 6.92. The Morgan fingerprint density at radius 1 is 1.35 bits per heavy atom. The molecule has 1 fully saturated rings. The lowest BCUT2D eigenvalue weighted by molar-refractivity contribution is 0.220. The molecule has 0 aliphatic heterocycles. The van der Waals surface area contributed by atoms with Gasteiger partial charge in [0.25, 0.3) is 0 Å². The molecule has 2 unspecified atom stereocenters. The Labute approximate surface area is 105 Å². The van der Waals surface area contributed by atoms with Crippen molar-refractivity contribution in [2.45, 2.75) is 38.5 Å². The van der Waals surface area contributed by atoms with E-state index in [1.54, 1.807) is 0 Å². The van der Waals surface area contributed by atoms with Crippen molar-refractivity contribution < 1.29 is 0 Å². The second-order valence-corrected chi connectivity index (χ2v) is 5.35. The summed E-state index contributed by atoms with van der Waals surface area (Å²) in [5.74, 6) is 1.80. The summed E-state index contributed by atoms with van der Waals surface area (Å²) in [6.07, 6.45) is 10.1. The predicted octanol–water partition coefficient (Wildman–Crippen LogP) is 2.38. The molecule has 2 atom stereocenters. The molecule has 1 aromatic rings. The Morgan fingerprint density at radius 2 is 2.12 bits per heavy atom. The van der Waals surface area contributed by atoms with Gasteiger partial charge in [0, 0.05) is 18.9 Å². The molecule has 1 aliphatic rings. The molecule has 3 nitrogen and oxygen atoms in total. The number of aryl methyl sites for hydroxylation is 2. The zero-order valence-electron chi connectivity index (χ0n) is 11.2. The van der Waals surface area contributed by atoms with Gasteiger partial charge in [-0.15, -0.1) is 0 Å². The summed E-state index contributed by atoms with van der Waals surface area (Å²) in [6.45, 7) is 1.19. The van der Waals surface area contributed by atoms with E-state index in [1.165, 1.54) is 50.8 Å². The SMILES string of the molecule is CNCC1CCCCC1CCc1ccnn1C. The lowest BCUT2D eigenvalue weighted by Crippen LogP contribution is -2.29. The van der Waals surface area contributed by atoms with Crippen molar-refractivity contribution >= 4 is 0 Å². The number of nitrogens with zero attached hydrogens (tertiary/aromatic N) is 2. The maximum Gasteiger partial charge on any atom is 0.0492 e. The van der Waals surface area contributed by atoms with Gasteiger partial charge in [-0.2, -0.15) is 5.10 Å². The minimum Gasteiger partial charge on any atom is -0.319 e. The largest absolute Gasteiger partial charge is 0.319 e. The molecular weight excluding hydrogens is 210 g/mol. The first kappa shape index (κ1) is 12.6. The van der Waals surface area contributed by atoms with Crippen LogP contribution in [0.25, 0.3) is 0 Å². The number of hydrogen-bond acceptors (Lipinski definition) is 2. The van der Waals surface area contributed by atoms with E-state index < -0.39 is 0 Å². The van der Waals surface area contributed by atoms with Gasteiger partial charge >= 0.3 is 0 Å². The summed E-state index contributed by atoms with van der Waals surface area (Å²) in [5.41, 5.74) is 1.37. The number of nitrogens with one attached hydrogen (secondary N) is 1. The Morgan fingerprint density at radius 3 is 2.76 bits per heavy atom. The number of rotatable bonds is 5. The Hall–Kier alpha value is -0.830. The molecule has 2 rings (SSSR count). The maximum absolute atomic E-state index is 4.24. The molecule has 0 saturated heterocycles. The van der Waals surface area contributed by atoms with Crippen molar-refractivity contribution in [2.75, 3.05) is 13.6 Å². The third-order valence-corrected chi connectivity index (χ3v) is 4.23. The molecule has 0 spiro atoms. The summed E-state index contributed by atoms with van der Waals surface area (Å²) in [6, 6.07) is 2.15. The third kappa shape index (κ3) is 3.32. The van der Waals surface area contributed by atoms with E-state index in [2.05, 4.69) is 23.5 Å². The van der Waals surface area contributed by atoms with Gasteiger partial charge in [-0.05, 0) is 50.8 Å². The molecule has 3 heteroatoms. The predicted molar refractivity (Wildman–Crippen MR) is 70.9 cm³/mol. The molecule has 1 heterocycles. The summed E-state index contributed by atoms with van der Waals surface area (Å²) < 4.78 is 2.01. The van der Waals surface area contributed by atoms with E-state index in [-0.39, 0.29) is 0 Å². The van der Waals surface area contributed by atoms with E-state index in [9.17, 15) is 0 Å². The van der Waals surface area contributed by atoms with Crippen LogP contribution in [-0.4, -0.2) is 23.4 Å². The molecule has 0 amide bonds. The maximum atomic E-state index is 4.24. The second kappa shape index (κ2) is 6.20. The fourth-order valence-electron chi connectivity index (χ4n) is 3.18. The normalized spacial score (nSPS) is 25.1. The molecular formula is C14H25N3. The van der Waals surface area contributed by atoms with Gasteiger partial charge in [-0.1, -0.05) is 19.3 Å². The van der Waals surface area contributed by atoms with E-state index in [0.717, 1.165) is 11.8 Å². The van der Waals surface area contributed by atoms with Crippen LogP contribution in [0.5, 0.6) is 0 Å². The first-order valence-corrected chi connectivity index (χ1v) is 6.92. The van der Waals surface area contributed by atoms with Crippen LogP contribution in [-0.2, 0) is 13.5 Å². The summed E-state index contributed by atoms with van der Waals surface area (Å²) in [5, 5.41) is 7.59. The molecule has 1 aliphatic carbocycles. The van der Waals surface area contributed by atoms with Crippen molar-refractivity contribution in [3.8, 4) is 0 Å². The van der Waals surface area contributed by atoms with Crippen molar-refractivity contribution in [3.05, 3.63) is 18.0 Å². The standard InChI is InChI=1S/C14H25N3/c1-15-11-13-6-4-3-5-12(13)7-8-14-9-10-16-17(14)2/h9-10,12-13,15H,3-8,11H2,1-2H3. The van der Waals surface area contributed by atoms with Crippen LogP contribution in [0, 0.1) is 11.8 Å². The molecule has 1 aromatic heterocycles. The van der Waals surface area contributed by atoms with Crippen LogP contribution in [0.2, 0.25) is 0 Å². The minimum absolute atomic E-state index is 0.891. The van der Waals surface area contributed by atoms with E-state index in [4.69, 9.17) is 0 Å². The minimum atomic E-state index is 0.891. The van der Waals surface area contributed by atoms with Gasteiger partial charge in [0.05, 0.1) is 0 Å². The van der Waals surface area contributed by atoms with E-state index >= 15 is 0 Å². The zero-order chi connectivity index (χ0) is 12.1. The van der Waals surface area contributed by atoms with Crippen LogP contribution in [0.15, 0.2) is 12.3 Å². The van der Waals surface area contributed by atoms with Crippen molar-refractivity contribution in [3.63, 3.8) is 0 Å². The Bertz CT molecular complexity index is 330. The molecule has 1 N–H and O–H groups in total. The topological polar surface area (TPSA) is 29.9 Å². The van der Waals surface area contributed by atoms with Gasteiger partial charge in [0.2, 0.25) is 0 Å². The molecule has 0 radical (unpaired) electrons. The number of aromatic nitrogens is 2. The highest BCUT2D eigenvalue weighted by Crippen LogP contribution is 2.32. The van der Waals surface area contributed by atoms with Crippen LogP contribution in [0.3, 0.4) is 0 Å². The molecule has 0 bridgehead atoms. The lowest BCUT2D eigenvalue weighted by Gasteiger charge is -2.31. The molecule has 0 aromatic carbocycles. The van der Waals surface area contributed by atoms with Gasteiger partial charge in [-0.3, -0.25) is 4.68 Å². The average Bonchev–Trinajstić information content (AvgIpc) is 2.74. The van der Waals surface area contributed by atoms with Gasteiger partial charge in [0.15, 0.2) is 0 Å². The monoisotopic (exact) mass is 235 g/mol. The highest BCUT2D eigenvalue weighted by atomic mass is 15.2. The molecule has 17 heavy (non-hydrogen) atoms. The van der Waals surface area contributed by atoms with Crippen LogP contribution < -0.4 is 5.32 Å². The molecule has 96 valence electrons. The van der Waals surface area contributed by atoms with Crippen molar-refractivity contribution in [1.82, 2.24) is 15.1 Å². The highest BCUT2D eigenvalue weighted by Gasteiger charge is 2.24. The van der Waals surface area contributed by atoms with Crippen molar-refractivity contribution in [1.29, 1.82) is 0 Å².